The van der Waals surface area contributed by atoms with Gasteiger partial charge in [-0.2, -0.15) is 0 Å². The second kappa shape index (κ2) is 6.10. The molecule has 0 saturated carbocycles. The van der Waals surface area contributed by atoms with E-state index in [9.17, 15) is 4.39 Å². The molecule has 1 N–H and O–H groups in total. The molecule has 2 heterocycles. The fourth-order valence-corrected chi connectivity index (χ4v) is 4.03. The molecule has 0 bridgehead atoms. The number of methoxy groups -OCH3 is 1. The summed E-state index contributed by atoms with van der Waals surface area (Å²) in [4.78, 5) is 2.53. The maximum absolute atomic E-state index is 14.1. The van der Waals surface area contributed by atoms with Crippen molar-refractivity contribution in [3.05, 3.63) is 47.3 Å². The van der Waals surface area contributed by atoms with E-state index < -0.39 is 0 Å². The van der Waals surface area contributed by atoms with Crippen molar-refractivity contribution in [1.82, 2.24) is 5.32 Å². The molecule has 0 amide bonds. The second-order valence-electron chi connectivity index (χ2n) is 6.74. The number of ether oxygens (including phenoxy) is 1. The first-order chi connectivity index (χ1) is 11.7. The minimum Gasteiger partial charge on any atom is -0.494 e. The summed E-state index contributed by atoms with van der Waals surface area (Å²) in [6, 6.07) is 10.5. The average molecular weight is 326 g/mol. The number of fused-ring (bicyclic) bond motifs is 3. The Morgan fingerprint density at radius 2 is 2.08 bits per heavy atom. The molecule has 4 heteroatoms. The normalized spacial score (nSPS) is 19.6. The van der Waals surface area contributed by atoms with Crippen LogP contribution >= 0.6 is 0 Å². The van der Waals surface area contributed by atoms with E-state index in [1.54, 1.807) is 12.1 Å². The van der Waals surface area contributed by atoms with Gasteiger partial charge in [-0.15, -0.1) is 0 Å². The van der Waals surface area contributed by atoms with E-state index in [0.717, 1.165) is 42.7 Å². The Hall–Kier alpha value is -2.07. The summed E-state index contributed by atoms with van der Waals surface area (Å²) in [5.74, 6) is -0.00290. The summed E-state index contributed by atoms with van der Waals surface area (Å²) >= 11 is 0. The number of aryl methyl sites for hydroxylation is 1. The van der Waals surface area contributed by atoms with Crippen molar-refractivity contribution < 1.29 is 9.13 Å². The molecule has 24 heavy (non-hydrogen) atoms. The highest BCUT2D eigenvalue weighted by atomic mass is 19.1. The number of hydrogen-bond donors (Lipinski definition) is 1. The van der Waals surface area contributed by atoms with Crippen LogP contribution in [0.5, 0.6) is 5.75 Å². The lowest BCUT2D eigenvalue weighted by Crippen LogP contribution is -2.32. The van der Waals surface area contributed by atoms with Gasteiger partial charge in [-0.25, -0.2) is 4.39 Å². The van der Waals surface area contributed by atoms with Crippen molar-refractivity contribution >= 4 is 5.69 Å². The van der Waals surface area contributed by atoms with Crippen LogP contribution in [0.3, 0.4) is 0 Å². The summed E-state index contributed by atoms with van der Waals surface area (Å²) in [5.41, 5.74) is 5.79. The number of anilines is 1. The zero-order valence-corrected chi connectivity index (χ0v) is 14.2. The molecule has 0 spiro atoms. The Morgan fingerprint density at radius 1 is 1.21 bits per heavy atom. The predicted molar refractivity (Wildman–Crippen MR) is 95.4 cm³/mol. The van der Waals surface area contributed by atoms with E-state index in [2.05, 4.69) is 28.4 Å². The van der Waals surface area contributed by atoms with Gasteiger partial charge in [-0.05, 0) is 72.8 Å². The molecule has 1 unspecified atom stereocenters. The predicted octanol–water partition coefficient (Wildman–Crippen LogP) is 3.53. The van der Waals surface area contributed by atoms with E-state index in [-0.39, 0.29) is 5.82 Å². The standard InChI is InChI=1S/C20H23FN2O/c1-13-9-20(24-2)18(21)12-17(13)14-3-4-19-15(10-14)11-16-5-6-22-7-8-23(16)19/h3-4,9-10,12,16,22H,5-8,11H2,1-2H3. The lowest BCUT2D eigenvalue weighted by Gasteiger charge is -2.24. The third-order valence-electron chi connectivity index (χ3n) is 5.28. The first-order valence-corrected chi connectivity index (χ1v) is 8.62. The molecular weight excluding hydrogens is 303 g/mol. The smallest absolute Gasteiger partial charge is 0.165 e. The summed E-state index contributed by atoms with van der Waals surface area (Å²) in [6.45, 7) is 5.20. The summed E-state index contributed by atoms with van der Waals surface area (Å²) in [6.07, 6.45) is 2.27. The first kappa shape index (κ1) is 15.5. The van der Waals surface area contributed by atoms with Crippen molar-refractivity contribution in [2.45, 2.75) is 25.8 Å². The summed E-state index contributed by atoms with van der Waals surface area (Å²) < 4.78 is 19.2. The maximum Gasteiger partial charge on any atom is 0.165 e. The third kappa shape index (κ3) is 2.55. The number of benzene rings is 2. The molecule has 2 aromatic rings. The molecule has 2 aliphatic rings. The SMILES string of the molecule is COc1cc(C)c(-c2ccc3c(c2)CC2CCNCCN32)cc1F. The lowest BCUT2D eigenvalue weighted by molar-refractivity contribution is 0.386. The largest absolute Gasteiger partial charge is 0.494 e. The van der Waals surface area contributed by atoms with Crippen molar-refractivity contribution in [2.75, 3.05) is 31.6 Å². The van der Waals surface area contributed by atoms with Gasteiger partial charge in [-0.3, -0.25) is 0 Å². The second-order valence-corrected chi connectivity index (χ2v) is 6.74. The number of nitrogens with zero attached hydrogens (tertiary/aromatic N) is 1. The van der Waals surface area contributed by atoms with Gasteiger partial charge in [0.1, 0.15) is 0 Å². The van der Waals surface area contributed by atoms with Crippen molar-refractivity contribution in [1.29, 1.82) is 0 Å². The van der Waals surface area contributed by atoms with Gasteiger partial charge in [0.15, 0.2) is 11.6 Å². The molecule has 4 rings (SSSR count). The highest BCUT2D eigenvalue weighted by molar-refractivity contribution is 5.74. The molecule has 126 valence electrons. The molecule has 0 aliphatic carbocycles. The van der Waals surface area contributed by atoms with E-state index in [4.69, 9.17) is 4.74 Å². The maximum atomic E-state index is 14.1. The fraction of sp³-hybridized carbons (Fsp3) is 0.400. The zero-order valence-electron chi connectivity index (χ0n) is 14.2. The van der Waals surface area contributed by atoms with Crippen LogP contribution in [0.4, 0.5) is 10.1 Å². The van der Waals surface area contributed by atoms with Crippen molar-refractivity contribution in [3.8, 4) is 16.9 Å². The minimum atomic E-state index is -0.307. The molecule has 0 aromatic heterocycles. The topological polar surface area (TPSA) is 24.5 Å². The molecular formula is C20H23FN2O. The Morgan fingerprint density at radius 3 is 2.92 bits per heavy atom. The minimum absolute atomic E-state index is 0.304. The highest BCUT2D eigenvalue weighted by Gasteiger charge is 2.30. The van der Waals surface area contributed by atoms with Gasteiger partial charge in [0.25, 0.3) is 0 Å². The molecule has 2 aromatic carbocycles. The Balaban J connectivity index is 1.72. The van der Waals surface area contributed by atoms with E-state index in [1.165, 1.54) is 24.8 Å². The van der Waals surface area contributed by atoms with Gasteiger partial charge in [-0.1, -0.05) is 6.07 Å². The van der Waals surface area contributed by atoms with Crippen LogP contribution in [0.2, 0.25) is 0 Å². The number of halogens is 1. The number of rotatable bonds is 2. The van der Waals surface area contributed by atoms with Gasteiger partial charge in [0.05, 0.1) is 7.11 Å². The van der Waals surface area contributed by atoms with E-state index in [0.29, 0.717) is 11.8 Å². The Kier molecular flexibility index (Phi) is 3.93. The molecule has 1 fully saturated rings. The molecule has 2 aliphatic heterocycles. The van der Waals surface area contributed by atoms with Crippen molar-refractivity contribution in [3.63, 3.8) is 0 Å². The molecule has 1 saturated heterocycles. The van der Waals surface area contributed by atoms with Gasteiger partial charge in [0.2, 0.25) is 0 Å². The lowest BCUT2D eigenvalue weighted by atomic mass is 9.97. The summed E-state index contributed by atoms with van der Waals surface area (Å²) in [7, 11) is 1.50. The molecule has 1 atom stereocenters. The highest BCUT2D eigenvalue weighted by Crippen LogP contribution is 2.38. The quantitative estimate of drug-likeness (QED) is 0.914. The van der Waals surface area contributed by atoms with Gasteiger partial charge in [0, 0.05) is 24.8 Å². The first-order valence-electron chi connectivity index (χ1n) is 8.62. The van der Waals surface area contributed by atoms with E-state index in [1.807, 2.05) is 6.92 Å². The van der Waals surface area contributed by atoms with Crippen LogP contribution in [0.1, 0.15) is 17.5 Å². The van der Waals surface area contributed by atoms with Crippen molar-refractivity contribution in [2.24, 2.45) is 0 Å². The Bertz CT molecular complexity index is 774. The van der Waals surface area contributed by atoms with Gasteiger partial charge >= 0.3 is 0 Å². The summed E-state index contributed by atoms with van der Waals surface area (Å²) in [5, 5.41) is 3.47. The monoisotopic (exact) mass is 326 g/mol. The van der Waals surface area contributed by atoms with Crippen LogP contribution in [0, 0.1) is 12.7 Å². The molecule has 0 radical (unpaired) electrons. The number of hydrogen-bond acceptors (Lipinski definition) is 3. The van der Waals surface area contributed by atoms with Gasteiger partial charge < -0.3 is 15.0 Å². The fourth-order valence-electron chi connectivity index (χ4n) is 4.03. The Labute approximate surface area is 142 Å². The average Bonchev–Trinajstić information content (AvgIpc) is 2.76. The molecule has 3 nitrogen and oxygen atoms in total. The van der Waals surface area contributed by atoms with Crippen LogP contribution in [0.15, 0.2) is 30.3 Å². The van der Waals surface area contributed by atoms with E-state index >= 15 is 0 Å². The third-order valence-corrected chi connectivity index (χ3v) is 5.28. The van der Waals surface area contributed by atoms with Crippen LogP contribution in [-0.2, 0) is 6.42 Å². The van der Waals surface area contributed by atoms with Crippen LogP contribution in [0.25, 0.3) is 11.1 Å². The number of nitrogens with one attached hydrogen (secondary N) is 1. The van der Waals surface area contributed by atoms with Crippen LogP contribution < -0.4 is 15.0 Å². The zero-order chi connectivity index (χ0) is 16.7. The van der Waals surface area contributed by atoms with Crippen LogP contribution in [-0.4, -0.2) is 32.8 Å².